The molecule has 0 aliphatic carbocycles. The molecule has 0 bridgehead atoms. The van der Waals surface area contributed by atoms with Crippen molar-refractivity contribution in [2.75, 3.05) is 39.6 Å². The van der Waals surface area contributed by atoms with Crippen molar-refractivity contribution >= 4 is 11.9 Å². The first-order valence-corrected chi connectivity index (χ1v) is 18.7. The molecule has 11 nitrogen and oxygen atoms in total. The number of benzene rings is 3. The van der Waals surface area contributed by atoms with Crippen molar-refractivity contribution in [1.29, 1.82) is 0 Å². The Labute approximate surface area is 336 Å². The molecule has 3 aromatic carbocycles. The van der Waals surface area contributed by atoms with Gasteiger partial charge in [-0.25, -0.2) is 9.59 Å². The van der Waals surface area contributed by atoms with E-state index in [-0.39, 0.29) is 39.6 Å². The van der Waals surface area contributed by atoms with Crippen LogP contribution in [0.15, 0.2) is 130 Å². The van der Waals surface area contributed by atoms with Gasteiger partial charge in [0.2, 0.25) is 0 Å². The van der Waals surface area contributed by atoms with Gasteiger partial charge in [0.05, 0.1) is 0 Å². The van der Waals surface area contributed by atoms with Crippen molar-refractivity contribution in [3.63, 3.8) is 0 Å². The highest BCUT2D eigenvalue weighted by atomic mass is 16.6. The van der Waals surface area contributed by atoms with Gasteiger partial charge in [-0.15, -0.1) is 6.58 Å². The van der Waals surface area contributed by atoms with Crippen molar-refractivity contribution in [3.05, 3.63) is 152 Å². The summed E-state index contributed by atoms with van der Waals surface area (Å²) in [5.41, 5.74) is 1.20. The molecule has 57 heavy (non-hydrogen) atoms. The van der Waals surface area contributed by atoms with E-state index in [1.54, 1.807) is 18.2 Å². The first kappa shape index (κ1) is 45.8. The summed E-state index contributed by atoms with van der Waals surface area (Å²) in [7, 11) is 0. The minimum atomic E-state index is -1.19. The van der Waals surface area contributed by atoms with E-state index in [9.17, 15) is 24.9 Å². The summed E-state index contributed by atoms with van der Waals surface area (Å²) in [6.45, 7) is 23.4. The Bertz CT molecular complexity index is 1850. The van der Waals surface area contributed by atoms with E-state index in [0.717, 1.165) is 29.7 Å². The van der Waals surface area contributed by atoms with Gasteiger partial charge in [0.25, 0.3) is 0 Å². The van der Waals surface area contributed by atoms with E-state index in [4.69, 9.17) is 28.4 Å². The van der Waals surface area contributed by atoms with Gasteiger partial charge < -0.3 is 43.7 Å². The standard InChI is InChI=1S/C46H56O11/c1-9-25-46(8,37-20-15-17-24-41(37)54-27-33(47)26-52-32(6)10-2)39-22-18-21-38(44(39)57-31-35(49)30-56-43(51)12-4)45(7,13-5)36-19-14-16-23-40(36)53-28-34(48)29-55-42(50)11-3/h10-24,33-35,47-49H,2-6,9,25-31H2,1,7-8H3. The van der Waals surface area contributed by atoms with E-state index in [2.05, 4.69) is 46.7 Å². The number of para-hydroxylation sites is 3. The molecule has 0 amide bonds. The number of ether oxygens (including phenoxy) is 6. The molecule has 3 rings (SSSR count). The zero-order valence-electron chi connectivity index (χ0n) is 33.2. The Morgan fingerprint density at radius 1 is 0.614 bits per heavy atom. The lowest BCUT2D eigenvalue weighted by molar-refractivity contribution is -0.142. The third-order valence-corrected chi connectivity index (χ3v) is 9.40. The average Bonchev–Trinajstić information content (AvgIpc) is 3.23. The quantitative estimate of drug-likeness (QED) is 0.0263. The molecular weight excluding hydrogens is 728 g/mol. The summed E-state index contributed by atoms with van der Waals surface area (Å²) < 4.78 is 34.5. The number of hydrogen-bond donors (Lipinski definition) is 3. The van der Waals surface area contributed by atoms with Gasteiger partial charge in [0, 0.05) is 45.2 Å². The lowest BCUT2D eigenvalue weighted by Gasteiger charge is -2.37. The fourth-order valence-corrected chi connectivity index (χ4v) is 6.32. The van der Waals surface area contributed by atoms with Crippen LogP contribution in [-0.2, 0) is 34.6 Å². The summed E-state index contributed by atoms with van der Waals surface area (Å²) >= 11 is 0. The van der Waals surface area contributed by atoms with Crippen molar-refractivity contribution < 1.29 is 53.3 Å². The van der Waals surface area contributed by atoms with Crippen molar-refractivity contribution in [2.24, 2.45) is 0 Å². The minimum Gasteiger partial charge on any atom is -0.491 e. The Morgan fingerprint density at radius 2 is 1.07 bits per heavy atom. The van der Waals surface area contributed by atoms with E-state index in [0.29, 0.717) is 40.6 Å². The molecule has 11 heteroatoms. The van der Waals surface area contributed by atoms with Crippen LogP contribution in [-0.4, -0.2) is 85.2 Å². The Morgan fingerprint density at radius 3 is 1.58 bits per heavy atom. The number of allylic oxidation sites excluding steroid dienone is 2. The van der Waals surface area contributed by atoms with Crippen LogP contribution in [0.25, 0.3) is 0 Å². The predicted molar refractivity (Wildman–Crippen MR) is 219 cm³/mol. The summed E-state index contributed by atoms with van der Waals surface area (Å²) in [6, 6.07) is 20.7. The number of aliphatic hydroxyl groups excluding tert-OH is 3. The van der Waals surface area contributed by atoms with Gasteiger partial charge in [-0.05, 0) is 31.6 Å². The number of carbonyl (C=O) groups is 2. The van der Waals surface area contributed by atoms with E-state index >= 15 is 0 Å². The van der Waals surface area contributed by atoms with Crippen LogP contribution in [0.1, 0.15) is 55.9 Å². The monoisotopic (exact) mass is 784 g/mol. The second kappa shape index (κ2) is 22.2. The first-order chi connectivity index (χ1) is 27.3. The Kier molecular flexibility index (Phi) is 17.8. The summed E-state index contributed by atoms with van der Waals surface area (Å²) in [5.74, 6) is 0.437. The molecular formula is C46H56O11. The highest BCUT2D eigenvalue weighted by molar-refractivity contribution is 5.81. The molecule has 0 fully saturated rings. The van der Waals surface area contributed by atoms with Gasteiger partial charge in [-0.2, -0.15) is 0 Å². The molecule has 0 spiro atoms. The highest BCUT2D eigenvalue weighted by Gasteiger charge is 2.39. The molecule has 0 heterocycles. The van der Waals surface area contributed by atoms with Crippen LogP contribution in [0.5, 0.6) is 17.2 Å². The SMILES string of the molecule is C=CC(=C)OCC(O)COc1ccccc1C(C)(CCC)c1cccc(C(C)(C=C)c2ccccc2OCC(O)COC(=O)C=C)c1OCC(O)COC(=O)C=C. The van der Waals surface area contributed by atoms with Crippen molar-refractivity contribution in [1.82, 2.24) is 0 Å². The molecule has 0 saturated heterocycles. The molecule has 5 atom stereocenters. The van der Waals surface area contributed by atoms with Gasteiger partial charge in [0.15, 0.2) is 0 Å². The van der Waals surface area contributed by atoms with E-state index < -0.39 is 41.1 Å². The van der Waals surface area contributed by atoms with Crippen LogP contribution in [0.3, 0.4) is 0 Å². The second-order valence-corrected chi connectivity index (χ2v) is 13.7. The maximum atomic E-state index is 11.8. The molecule has 5 unspecified atom stereocenters. The van der Waals surface area contributed by atoms with Crippen LogP contribution >= 0.6 is 0 Å². The second-order valence-electron chi connectivity index (χ2n) is 13.7. The number of esters is 2. The highest BCUT2D eigenvalue weighted by Crippen LogP contribution is 2.50. The first-order valence-electron chi connectivity index (χ1n) is 18.7. The van der Waals surface area contributed by atoms with Gasteiger partial charge in [0.1, 0.15) is 81.0 Å². The number of carbonyl (C=O) groups excluding carboxylic acids is 2. The molecule has 0 aliphatic heterocycles. The van der Waals surface area contributed by atoms with Crippen LogP contribution in [0, 0.1) is 0 Å². The minimum absolute atomic E-state index is 0.0310. The third kappa shape index (κ3) is 12.4. The molecule has 0 radical (unpaired) electrons. The number of aliphatic hydroxyl groups is 3. The molecule has 0 aromatic heterocycles. The van der Waals surface area contributed by atoms with Crippen LogP contribution in [0.4, 0.5) is 0 Å². The van der Waals surface area contributed by atoms with Gasteiger partial charge in [-0.3, -0.25) is 0 Å². The lowest BCUT2D eigenvalue weighted by Crippen LogP contribution is -2.31. The predicted octanol–water partition coefficient (Wildman–Crippen LogP) is 6.68. The number of rotatable bonds is 26. The van der Waals surface area contributed by atoms with Crippen molar-refractivity contribution in [3.8, 4) is 17.2 Å². The maximum Gasteiger partial charge on any atom is 0.330 e. The molecule has 3 N–H and O–H groups in total. The van der Waals surface area contributed by atoms with Gasteiger partial charge in [-0.1, -0.05) is 107 Å². The topological polar surface area (TPSA) is 150 Å². The Balaban J connectivity index is 2.18. The zero-order valence-corrected chi connectivity index (χ0v) is 33.2. The lowest BCUT2D eigenvalue weighted by atomic mass is 9.69. The molecule has 0 aliphatic rings. The summed E-state index contributed by atoms with van der Waals surface area (Å²) in [4.78, 5) is 23.4. The molecule has 306 valence electrons. The average molecular weight is 785 g/mol. The summed E-state index contributed by atoms with van der Waals surface area (Å²) in [6.07, 6.45) is 3.39. The van der Waals surface area contributed by atoms with Crippen molar-refractivity contribution in [2.45, 2.75) is 62.8 Å². The van der Waals surface area contributed by atoms with Gasteiger partial charge >= 0.3 is 11.9 Å². The zero-order chi connectivity index (χ0) is 42.0. The fraction of sp³-hybridized carbons (Fsp3) is 0.348. The fourth-order valence-electron chi connectivity index (χ4n) is 6.32. The van der Waals surface area contributed by atoms with E-state index in [1.807, 2.05) is 61.5 Å². The van der Waals surface area contributed by atoms with Crippen LogP contribution < -0.4 is 14.2 Å². The van der Waals surface area contributed by atoms with E-state index in [1.165, 1.54) is 6.08 Å². The number of hydrogen-bond acceptors (Lipinski definition) is 11. The normalized spacial score (nSPS) is 14.6. The maximum absolute atomic E-state index is 11.8. The smallest absolute Gasteiger partial charge is 0.330 e. The Hall–Kier alpha value is -5.62. The molecule has 3 aromatic rings. The third-order valence-electron chi connectivity index (χ3n) is 9.40. The molecule has 0 saturated carbocycles. The largest absolute Gasteiger partial charge is 0.491 e. The summed E-state index contributed by atoms with van der Waals surface area (Å²) in [5, 5.41) is 32.2. The van der Waals surface area contributed by atoms with Crippen LogP contribution in [0.2, 0.25) is 0 Å².